The molecule has 6 rings (SSSR count). The summed E-state index contributed by atoms with van der Waals surface area (Å²) in [4.78, 5) is 29.4. The molecule has 2 amide bonds. The zero-order valence-corrected chi connectivity index (χ0v) is 29.4. The number of phenols is 2. The predicted molar refractivity (Wildman–Crippen MR) is 189 cm³/mol. The maximum Gasteiger partial charge on any atom is 0.219 e. The Hall–Kier alpha value is -5.38. The highest BCUT2D eigenvalue weighted by atomic mass is 16.5. The van der Waals surface area contributed by atoms with Crippen molar-refractivity contribution in [3.05, 3.63) is 94.0 Å². The average molecular weight is 681 g/mol. The zero-order valence-electron chi connectivity index (χ0n) is 29.4. The second kappa shape index (κ2) is 14.2. The van der Waals surface area contributed by atoms with Gasteiger partial charge in [-0.05, 0) is 108 Å². The molecule has 10 heteroatoms. The van der Waals surface area contributed by atoms with Gasteiger partial charge in [0.1, 0.15) is 11.5 Å². The van der Waals surface area contributed by atoms with Crippen LogP contribution in [0, 0.1) is 0 Å². The van der Waals surface area contributed by atoms with Gasteiger partial charge in [0, 0.05) is 38.1 Å². The quantitative estimate of drug-likeness (QED) is 0.216. The third kappa shape index (κ3) is 6.49. The minimum absolute atomic E-state index is 0.0188. The third-order valence-corrected chi connectivity index (χ3v) is 10.1. The molecule has 10 nitrogen and oxygen atoms in total. The molecule has 0 saturated carbocycles. The van der Waals surface area contributed by atoms with Crippen molar-refractivity contribution in [1.82, 2.24) is 9.80 Å². The van der Waals surface area contributed by atoms with Crippen LogP contribution in [0.25, 0.3) is 11.1 Å². The number of hydrogen-bond donors (Lipinski definition) is 2. The summed E-state index contributed by atoms with van der Waals surface area (Å²) in [6, 6.07) is 18.0. The molecule has 4 aromatic carbocycles. The Kier molecular flexibility index (Phi) is 9.81. The Morgan fingerprint density at radius 3 is 1.30 bits per heavy atom. The fourth-order valence-electron chi connectivity index (χ4n) is 7.55. The summed E-state index contributed by atoms with van der Waals surface area (Å²) in [6.07, 6.45) is 2.35. The number of methoxy groups -OCH3 is 4. The van der Waals surface area contributed by atoms with Gasteiger partial charge in [0.2, 0.25) is 11.8 Å². The number of aromatic hydroxyl groups is 2. The number of fused-ring (bicyclic) bond motifs is 2. The number of phenolic OH excluding ortho intramolecular Hbond substituents is 2. The van der Waals surface area contributed by atoms with Gasteiger partial charge in [0.15, 0.2) is 23.0 Å². The fraction of sp³-hybridized carbons (Fsp3) is 0.350. The molecule has 0 fully saturated rings. The molecular formula is C40H44N2O8. The Morgan fingerprint density at radius 1 is 0.600 bits per heavy atom. The monoisotopic (exact) mass is 680 g/mol. The summed E-state index contributed by atoms with van der Waals surface area (Å²) in [7, 11) is 6.40. The van der Waals surface area contributed by atoms with Crippen molar-refractivity contribution in [3.8, 4) is 45.6 Å². The lowest BCUT2D eigenvalue weighted by Crippen LogP contribution is -2.39. The molecular weight excluding hydrogens is 636 g/mol. The van der Waals surface area contributed by atoms with Crippen molar-refractivity contribution in [1.29, 1.82) is 0 Å². The largest absolute Gasteiger partial charge is 0.507 e. The van der Waals surface area contributed by atoms with Gasteiger partial charge in [-0.1, -0.05) is 12.1 Å². The highest BCUT2D eigenvalue weighted by molar-refractivity contribution is 5.78. The zero-order chi connectivity index (χ0) is 35.7. The maximum absolute atomic E-state index is 12.8. The summed E-state index contributed by atoms with van der Waals surface area (Å²) in [5.74, 6) is 2.46. The molecule has 0 aliphatic carbocycles. The molecule has 2 aliphatic heterocycles. The lowest BCUT2D eigenvalue weighted by molar-refractivity contribution is -0.132. The minimum atomic E-state index is -0.270. The Balaban J connectivity index is 1.36. The van der Waals surface area contributed by atoms with Crippen molar-refractivity contribution in [2.75, 3.05) is 41.5 Å². The summed E-state index contributed by atoms with van der Waals surface area (Å²) in [6.45, 7) is 4.29. The van der Waals surface area contributed by atoms with Crippen LogP contribution >= 0.6 is 0 Å². The van der Waals surface area contributed by atoms with Crippen LogP contribution in [0.1, 0.15) is 59.3 Å². The lowest BCUT2D eigenvalue weighted by atomic mass is 9.86. The van der Waals surface area contributed by atoms with Gasteiger partial charge < -0.3 is 39.0 Å². The number of carbonyl (C=O) groups is 2. The molecule has 50 heavy (non-hydrogen) atoms. The van der Waals surface area contributed by atoms with E-state index in [1.807, 2.05) is 58.3 Å². The van der Waals surface area contributed by atoms with Crippen LogP contribution in [0.5, 0.6) is 34.5 Å². The van der Waals surface area contributed by atoms with Crippen molar-refractivity contribution in [3.63, 3.8) is 0 Å². The first kappa shape index (κ1) is 34.5. The standard InChI is InChI=1S/C40H44N2O8/c1-23(43)41-13-11-27-19-37(47-3)39(49-5)21-29(27)33(41)17-25-7-9-35(45)31(15-25)32-16-26(8-10-36(32)46)18-34-30-22-40(50-6)38(48-4)20-28(30)12-14-42(34)24(2)44/h7-10,15-16,19-22,33-34,45-46H,11-14,17-18H2,1-6H3/t33-,34-/m0/s1. The van der Waals surface area contributed by atoms with Gasteiger partial charge in [-0.2, -0.15) is 0 Å². The fourth-order valence-corrected chi connectivity index (χ4v) is 7.55. The molecule has 262 valence electrons. The normalized spacial score (nSPS) is 16.7. The van der Waals surface area contributed by atoms with E-state index in [1.54, 1.807) is 54.4 Å². The third-order valence-electron chi connectivity index (χ3n) is 10.1. The van der Waals surface area contributed by atoms with E-state index in [9.17, 15) is 19.8 Å². The van der Waals surface area contributed by atoms with Gasteiger partial charge in [0.25, 0.3) is 0 Å². The molecule has 2 heterocycles. The van der Waals surface area contributed by atoms with Gasteiger partial charge in [0.05, 0.1) is 40.5 Å². The predicted octanol–water partition coefficient (Wildman–Crippen LogP) is 6.18. The first-order valence-corrected chi connectivity index (χ1v) is 16.7. The van der Waals surface area contributed by atoms with Crippen LogP contribution in [0.2, 0.25) is 0 Å². The van der Waals surface area contributed by atoms with Crippen molar-refractivity contribution < 1.29 is 38.7 Å². The summed E-state index contributed by atoms with van der Waals surface area (Å²) >= 11 is 0. The molecule has 2 atom stereocenters. The van der Waals surface area contributed by atoms with Crippen molar-refractivity contribution in [2.45, 2.75) is 51.6 Å². The highest BCUT2D eigenvalue weighted by Crippen LogP contribution is 2.43. The van der Waals surface area contributed by atoms with Crippen LogP contribution in [0.15, 0.2) is 60.7 Å². The Morgan fingerprint density at radius 2 is 0.960 bits per heavy atom. The van der Waals surface area contributed by atoms with E-state index in [0.717, 1.165) is 33.4 Å². The van der Waals surface area contributed by atoms with E-state index in [-0.39, 0.29) is 35.4 Å². The van der Waals surface area contributed by atoms with Gasteiger partial charge >= 0.3 is 0 Å². The number of amides is 2. The topological polar surface area (TPSA) is 118 Å². The van der Waals surface area contributed by atoms with E-state index in [2.05, 4.69) is 0 Å². The highest BCUT2D eigenvalue weighted by Gasteiger charge is 2.33. The van der Waals surface area contributed by atoms with E-state index in [4.69, 9.17) is 18.9 Å². The Bertz CT molecular complexity index is 1800. The van der Waals surface area contributed by atoms with E-state index >= 15 is 0 Å². The smallest absolute Gasteiger partial charge is 0.219 e. The van der Waals surface area contributed by atoms with Crippen LogP contribution in [0.3, 0.4) is 0 Å². The number of rotatable bonds is 9. The number of ether oxygens (including phenoxy) is 4. The van der Waals surface area contributed by atoms with Crippen LogP contribution in [0.4, 0.5) is 0 Å². The second-order valence-electron chi connectivity index (χ2n) is 12.9. The second-order valence-corrected chi connectivity index (χ2v) is 12.9. The molecule has 0 saturated heterocycles. The van der Waals surface area contributed by atoms with E-state index in [0.29, 0.717) is 72.9 Å². The molecule has 0 spiro atoms. The van der Waals surface area contributed by atoms with Crippen molar-refractivity contribution in [2.24, 2.45) is 0 Å². The molecule has 0 unspecified atom stereocenters. The minimum Gasteiger partial charge on any atom is -0.507 e. The number of benzene rings is 4. The molecule has 0 bridgehead atoms. The van der Waals surface area contributed by atoms with Crippen LogP contribution in [-0.2, 0) is 35.3 Å². The number of nitrogens with zero attached hydrogens (tertiary/aromatic N) is 2. The first-order chi connectivity index (χ1) is 24.1. The SMILES string of the molecule is COc1cc2c(cc1OC)[C@H](Cc1ccc(O)c(-c3cc(C[C@H]4c5cc(OC)c(OC)cc5CCN4C(C)=O)ccc3O)c1)N(C(C)=O)CC2. The summed E-state index contributed by atoms with van der Waals surface area (Å²) in [5, 5.41) is 22.2. The summed E-state index contributed by atoms with van der Waals surface area (Å²) < 4.78 is 22.3. The van der Waals surface area contributed by atoms with Crippen LogP contribution in [-0.4, -0.2) is 73.4 Å². The molecule has 0 aromatic heterocycles. The van der Waals surface area contributed by atoms with Crippen molar-refractivity contribution >= 4 is 11.8 Å². The van der Waals surface area contributed by atoms with Gasteiger partial charge in [-0.3, -0.25) is 9.59 Å². The summed E-state index contributed by atoms with van der Waals surface area (Å²) in [5.41, 5.74) is 6.86. The van der Waals surface area contributed by atoms with E-state index in [1.165, 1.54) is 0 Å². The average Bonchev–Trinajstić information content (AvgIpc) is 3.11. The van der Waals surface area contributed by atoms with E-state index < -0.39 is 0 Å². The lowest BCUT2D eigenvalue weighted by Gasteiger charge is -2.37. The molecule has 0 radical (unpaired) electrons. The molecule has 2 N–H and O–H groups in total. The number of hydrogen-bond acceptors (Lipinski definition) is 8. The van der Waals surface area contributed by atoms with Crippen LogP contribution < -0.4 is 18.9 Å². The number of carbonyl (C=O) groups excluding carboxylic acids is 2. The maximum atomic E-state index is 12.8. The molecule has 2 aliphatic rings. The van der Waals surface area contributed by atoms with Gasteiger partial charge in [-0.15, -0.1) is 0 Å². The Labute approximate surface area is 292 Å². The molecule has 4 aromatic rings. The first-order valence-electron chi connectivity index (χ1n) is 16.7. The van der Waals surface area contributed by atoms with Gasteiger partial charge in [-0.25, -0.2) is 0 Å².